The Morgan fingerprint density at radius 3 is 1.46 bits per heavy atom. The molecule has 0 spiro atoms. The highest BCUT2D eigenvalue weighted by molar-refractivity contribution is 6.01. The van der Waals surface area contributed by atoms with E-state index in [1.165, 1.54) is 0 Å². The minimum Gasteiger partial charge on any atom is -0.381 e. The van der Waals surface area contributed by atoms with E-state index in [0.717, 1.165) is 6.42 Å². The van der Waals surface area contributed by atoms with Gasteiger partial charge in [-0.1, -0.05) is 20.8 Å². The number of ether oxygens (including phenoxy) is 4. The number of hydrogen-bond donors (Lipinski definition) is 3. The zero-order chi connectivity index (χ0) is 34.0. The summed E-state index contributed by atoms with van der Waals surface area (Å²) in [5.74, 6) is -1.97. The molecule has 1 aliphatic heterocycles. The highest BCUT2D eigenvalue weighted by Crippen LogP contribution is 2.22. The molecule has 15 nitrogen and oxygen atoms in total. The van der Waals surface area contributed by atoms with Gasteiger partial charge < -0.3 is 39.7 Å². The summed E-state index contributed by atoms with van der Waals surface area (Å²) >= 11 is 0. The Bertz CT molecular complexity index is 903. The lowest BCUT2D eigenvalue weighted by Gasteiger charge is -2.33. The van der Waals surface area contributed by atoms with Crippen molar-refractivity contribution in [1.82, 2.24) is 21.0 Å². The fraction of sp³-hybridized carbons (Fsp3) is 0.806. The lowest BCUT2D eigenvalue weighted by Crippen LogP contribution is -2.42. The van der Waals surface area contributed by atoms with Crippen LogP contribution in [0.1, 0.15) is 85.0 Å². The van der Waals surface area contributed by atoms with E-state index in [2.05, 4.69) is 16.0 Å². The van der Waals surface area contributed by atoms with Crippen LogP contribution in [0.15, 0.2) is 0 Å². The molecule has 5 amide bonds. The zero-order valence-electron chi connectivity index (χ0n) is 27.8. The minimum atomic E-state index is -0.782. The number of imide groups is 1. The number of hydroxylamine groups is 2. The summed E-state index contributed by atoms with van der Waals surface area (Å²) in [6.07, 6.45) is 3.65. The maximum Gasteiger partial charge on any atom is 0.335 e. The SMILES string of the molecule is CCCC(=O)NCCCOCC(COCCCNC(=O)CC)(COCCCNC(=O)CC)COCCC(=O)ON1C(=O)CCC1=O. The van der Waals surface area contributed by atoms with Gasteiger partial charge in [0, 0.05) is 71.6 Å². The third kappa shape index (κ3) is 18.7. The van der Waals surface area contributed by atoms with Gasteiger partial charge in [0.1, 0.15) is 0 Å². The normalized spacial score (nSPS) is 13.2. The number of nitrogens with one attached hydrogen (secondary N) is 3. The molecule has 1 aliphatic rings. The smallest absolute Gasteiger partial charge is 0.335 e. The van der Waals surface area contributed by atoms with E-state index in [9.17, 15) is 28.8 Å². The molecule has 0 atom stereocenters. The van der Waals surface area contributed by atoms with Crippen molar-refractivity contribution >= 4 is 35.5 Å². The van der Waals surface area contributed by atoms with Crippen LogP contribution in [0, 0.1) is 5.41 Å². The second-order valence-electron chi connectivity index (χ2n) is 11.1. The van der Waals surface area contributed by atoms with Crippen molar-refractivity contribution in [3.05, 3.63) is 0 Å². The Morgan fingerprint density at radius 1 is 0.630 bits per heavy atom. The lowest BCUT2D eigenvalue weighted by molar-refractivity contribution is -0.198. The van der Waals surface area contributed by atoms with Crippen molar-refractivity contribution < 1.29 is 52.6 Å². The molecule has 1 rings (SSSR count). The van der Waals surface area contributed by atoms with E-state index in [4.69, 9.17) is 23.8 Å². The van der Waals surface area contributed by atoms with Crippen LogP contribution in [-0.4, -0.2) is 113 Å². The van der Waals surface area contributed by atoms with E-state index >= 15 is 0 Å². The number of rotatable bonds is 28. The first-order chi connectivity index (χ1) is 22.2. The van der Waals surface area contributed by atoms with Crippen LogP contribution >= 0.6 is 0 Å². The summed E-state index contributed by atoms with van der Waals surface area (Å²) < 4.78 is 23.8. The van der Waals surface area contributed by atoms with Crippen LogP contribution in [0.3, 0.4) is 0 Å². The molecule has 3 N–H and O–H groups in total. The van der Waals surface area contributed by atoms with E-state index in [1.807, 2.05) is 6.92 Å². The average Bonchev–Trinajstić information content (AvgIpc) is 3.35. The third-order valence-corrected chi connectivity index (χ3v) is 6.76. The highest BCUT2D eigenvalue weighted by Gasteiger charge is 2.34. The summed E-state index contributed by atoms with van der Waals surface area (Å²) in [6.45, 7) is 8.63. The molecule has 0 aromatic heterocycles. The Labute approximate surface area is 272 Å². The quantitative estimate of drug-likeness (QED) is 0.0809. The first-order valence-corrected chi connectivity index (χ1v) is 16.3. The molecule has 0 radical (unpaired) electrons. The van der Waals surface area contributed by atoms with Crippen molar-refractivity contribution in [3.8, 4) is 0 Å². The van der Waals surface area contributed by atoms with Crippen LogP contribution in [0.25, 0.3) is 0 Å². The second kappa shape index (κ2) is 25.0. The standard InChI is InChI=1S/C31H54N4O11/c1-4-10-27(38)34-16-9-19-44-23-31(21-42-17-7-14-32-25(36)5-2,22-43-18-8-15-33-26(37)6-3)24-45-20-13-30(41)46-35-28(39)11-12-29(35)40/h4-24H2,1-3H3,(H,32,36)(H,33,37)(H,34,38). The number of carbonyl (C=O) groups is 6. The van der Waals surface area contributed by atoms with E-state index < -0.39 is 23.2 Å². The van der Waals surface area contributed by atoms with Crippen molar-refractivity contribution in [2.45, 2.75) is 85.0 Å². The molecule has 1 saturated heterocycles. The second-order valence-corrected chi connectivity index (χ2v) is 11.1. The molecule has 46 heavy (non-hydrogen) atoms. The molecular formula is C31H54N4O11. The van der Waals surface area contributed by atoms with Gasteiger partial charge in [0.15, 0.2) is 0 Å². The Balaban J connectivity index is 2.77. The first-order valence-electron chi connectivity index (χ1n) is 16.3. The van der Waals surface area contributed by atoms with Gasteiger partial charge in [0.2, 0.25) is 17.7 Å². The molecule has 0 aromatic carbocycles. The lowest BCUT2D eigenvalue weighted by atomic mass is 9.92. The number of hydrogen-bond acceptors (Lipinski definition) is 11. The van der Waals surface area contributed by atoms with Gasteiger partial charge in [-0.15, -0.1) is 5.06 Å². The van der Waals surface area contributed by atoms with Gasteiger partial charge in [-0.2, -0.15) is 0 Å². The molecule has 1 fully saturated rings. The number of nitrogens with zero attached hydrogens (tertiary/aromatic N) is 1. The van der Waals surface area contributed by atoms with E-state index in [1.54, 1.807) is 13.8 Å². The summed E-state index contributed by atoms with van der Waals surface area (Å²) in [5.41, 5.74) is -0.782. The van der Waals surface area contributed by atoms with Gasteiger partial charge in [-0.25, -0.2) is 4.79 Å². The Hall–Kier alpha value is -3.14. The Kier molecular flexibility index (Phi) is 22.2. The molecule has 0 bridgehead atoms. The maximum atomic E-state index is 12.2. The monoisotopic (exact) mass is 658 g/mol. The molecular weight excluding hydrogens is 604 g/mol. The topological polar surface area (TPSA) is 188 Å². The van der Waals surface area contributed by atoms with Gasteiger partial charge in [0.25, 0.3) is 11.8 Å². The minimum absolute atomic E-state index is 0.00529. The van der Waals surface area contributed by atoms with Gasteiger partial charge >= 0.3 is 5.97 Å². The van der Waals surface area contributed by atoms with Crippen molar-refractivity contribution in [2.75, 3.05) is 72.5 Å². The van der Waals surface area contributed by atoms with Crippen LogP contribution in [0.4, 0.5) is 0 Å². The summed E-state index contributed by atoms with van der Waals surface area (Å²) in [5, 5.41) is 8.97. The van der Waals surface area contributed by atoms with Crippen LogP contribution in [0.2, 0.25) is 0 Å². The van der Waals surface area contributed by atoms with Gasteiger partial charge in [0.05, 0.1) is 44.9 Å². The fourth-order valence-corrected chi connectivity index (χ4v) is 4.14. The summed E-state index contributed by atoms with van der Waals surface area (Å²) in [6, 6.07) is 0. The highest BCUT2D eigenvalue weighted by atomic mass is 16.7. The number of amides is 5. The average molecular weight is 659 g/mol. The van der Waals surface area contributed by atoms with Crippen molar-refractivity contribution in [2.24, 2.45) is 5.41 Å². The molecule has 264 valence electrons. The van der Waals surface area contributed by atoms with Crippen molar-refractivity contribution in [3.63, 3.8) is 0 Å². The predicted molar refractivity (Wildman–Crippen MR) is 166 cm³/mol. The largest absolute Gasteiger partial charge is 0.381 e. The zero-order valence-corrected chi connectivity index (χ0v) is 27.8. The summed E-state index contributed by atoms with van der Waals surface area (Å²) in [7, 11) is 0. The number of carbonyl (C=O) groups excluding carboxylic acids is 6. The molecule has 0 unspecified atom stereocenters. The predicted octanol–water partition coefficient (Wildman–Crippen LogP) is 1.18. The molecule has 0 aliphatic carbocycles. The van der Waals surface area contributed by atoms with Crippen molar-refractivity contribution in [1.29, 1.82) is 0 Å². The van der Waals surface area contributed by atoms with Crippen LogP contribution in [0.5, 0.6) is 0 Å². The van der Waals surface area contributed by atoms with Crippen LogP contribution < -0.4 is 16.0 Å². The molecule has 1 heterocycles. The molecule has 0 saturated carbocycles. The maximum absolute atomic E-state index is 12.2. The van der Waals surface area contributed by atoms with E-state index in [-0.39, 0.29) is 70.0 Å². The van der Waals surface area contributed by atoms with Gasteiger partial charge in [-0.05, 0) is 25.7 Å². The summed E-state index contributed by atoms with van der Waals surface area (Å²) in [4.78, 5) is 75.4. The molecule has 15 heteroatoms. The molecule has 0 aromatic rings. The van der Waals surface area contributed by atoms with E-state index in [0.29, 0.717) is 83.0 Å². The first kappa shape index (κ1) is 40.9. The Morgan fingerprint density at radius 2 is 1.04 bits per heavy atom. The fourth-order valence-electron chi connectivity index (χ4n) is 4.14. The van der Waals surface area contributed by atoms with Gasteiger partial charge in [-0.3, -0.25) is 24.0 Å². The van der Waals surface area contributed by atoms with Crippen LogP contribution in [-0.2, 0) is 52.6 Å². The third-order valence-electron chi connectivity index (χ3n) is 6.76.